The minimum Gasteiger partial charge on any atom is -0.394 e. The maximum atomic E-state index is 13.3. The summed E-state index contributed by atoms with van der Waals surface area (Å²) in [7, 11) is 0. The third-order valence-electron chi connectivity index (χ3n) is 17.5. The molecule has 0 bridgehead atoms. The maximum absolute atomic E-state index is 13.3. The summed E-state index contributed by atoms with van der Waals surface area (Å²) < 4.78 is 22.8. The van der Waals surface area contributed by atoms with Crippen molar-refractivity contribution < 1.29 is 64.6 Å². The Morgan fingerprint density at radius 1 is 0.412 bits per heavy atom. The van der Waals surface area contributed by atoms with Gasteiger partial charge in [0.1, 0.15) is 48.8 Å². The van der Waals surface area contributed by atoms with E-state index in [1.54, 1.807) is 6.08 Å². The van der Waals surface area contributed by atoms with Gasteiger partial charge >= 0.3 is 0 Å². The normalized spacial score (nSPS) is 23.7. The van der Waals surface area contributed by atoms with E-state index in [0.29, 0.717) is 12.8 Å². The lowest BCUT2D eigenvalue weighted by molar-refractivity contribution is -0.359. The van der Waals surface area contributed by atoms with Gasteiger partial charge in [-0.25, -0.2) is 0 Å². The molecule has 2 rings (SSSR count). The average molecular weight is 1210 g/mol. The minimum atomic E-state index is -1.79. The van der Waals surface area contributed by atoms with Crippen LogP contribution in [-0.4, -0.2) is 140 Å². The first-order valence-corrected chi connectivity index (χ1v) is 35.7. The van der Waals surface area contributed by atoms with Crippen LogP contribution in [-0.2, 0) is 23.7 Å². The molecule has 2 heterocycles. The number of hydrogen-bond acceptors (Lipinski definition) is 13. The summed E-state index contributed by atoms with van der Waals surface area (Å²) in [5.74, 6) is -0.243. The van der Waals surface area contributed by atoms with E-state index in [-0.39, 0.29) is 18.9 Å². The molecule has 0 aromatic heterocycles. The van der Waals surface area contributed by atoms with E-state index in [2.05, 4.69) is 43.5 Å². The molecule has 12 atom stereocenters. The number of ether oxygens (including phenoxy) is 4. The van der Waals surface area contributed by atoms with Gasteiger partial charge in [-0.2, -0.15) is 0 Å². The number of rotatable bonds is 59. The second-order valence-corrected chi connectivity index (χ2v) is 25.4. The number of carbonyl (C=O) groups is 1. The molecule has 500 valence electrons. The number of unbranched alkanes of at least 4 members (excludes halogenated alkanes) is 42. The Balaban J connectivity index is 1.63. The van der Waals surface area contributed by atoms with Crippen molar-refractivity contribution >= 4 is 5.91 Å². The van der Waals surface area contributed by atoms with Gasteiger partial charge < -0.3 is 65.1 Å². The van der Waals surface area contributed by atoms with Gasteiger partial charge in [0.05, 0.1) is 32.0 Å². The van der Waals surface area contributed by atoms with E-state index in [9.17, 15) is 45.6 Å². The Labute approximate surface area is 519 Å². The molecule has 2 aliphatic rings. The van der Waals surface area contributed by atoms with E-state index in [1.165, 1.54) is 250 Å². The van der Waals surface area contributed by atoms with Crippen molar-refractivity contribution in [3.8, 4) is 0 Å². The Hall–Kier alpha value is -1.79. The predicted molar refractivity (Wildman–Crippen MR) is 346 cm³/mol. The van der Waals surface area contributed by atoms with Crippen LogP contribution in [0.2, 0.25) is 0 Å². The van der Waals surface area contributed by atoms with Crippen molar-refractivity contribution in [2.45, 2.75) is 389 Å². The van der Waals surface area contributed by atoms with Crippen molar-refractivity contribution in [1.29, 1.82) is 0 Å². The molecule has 0 aliphatic carbocycles. The summed E-state index contributed by atoms with van der Waals surface area (Å²) in [5, 5.41) is 87.3. The van der Waals surface area contributed by atoms with Crippen LogP contribution in [0.25, 0.3) is 0 Å². The van der Waals surface area contributed by atoms with Gasteiger partial charge in [0.2, 0.25) is 5.91 Å². The fraction of sp³-hybridized carbons (Fsp3) is 0.901. The van der Waals surface area contributed by atoms with Gasteiger partial charge in [0.25, 0.3) is 0 Å². The largest absolute Gasteiger partial charge is 0.394 e. The lowest BCUT2D eigenvalue weighted by Gasteiger charge is -2.46. The molecular weight excluding hydrogens is 1070 g/mol. The number of aliphatic hydroxyl groups excluding tert-OH is 8. The SMILES string of the molecule is CCCCCCCCCC/C=C\CCCCCCCCCCCCCCCCCCCCCCCC(=O)NC(COC1OC(CO)C(OC2OC(CO)C(O)C(O)C2O)C(O)C1O)C(O)/C=C/CC/C=C/CCCCCCCCCCCCCC. The fourth-order valence-electron chi connectivity index (χ4n) is 11.8. The van der Waals surface area contributed by atoms with E-state index < -0.39 is 86.8 Å². The summed E-state index contributed by atoms with van der Waals surface area (Å²) >= 11 is 0. The smallest absolute Gasteiger partial charge is 0.220 e. The number of carbonyl (C=O) groups excluding carboxylic acids is 1. The summed E-state index contributed by atoms with van der Waals surface area (Å²) in [6.45, 7) is 2.82. The highest BCUT2D eigenvalue weighted by Crippen LogP contribution is 2.30. The maximum Gasteiger partial charge on any atom is 0.220 e. The molecule has 85 heavy (non-hydrogen) atoms. The number of nitrogens with one attached hydrogen (secondary N) is 1. The molecule has 2 fully saturated rings. The molecule has 14 nitrogen and oxygen atoms in total. The predicted octanol–water partition coefficient (Wildman–Crippen LogP) is 14.5. The summed E-state index contributed by atoms with van der Waals surface area (Å²) in [5.41, 5.74) is 0. The second kappa shape index (κ2) is 56.2. The van der Waals surface area contributed by atoms with E-state index in [0.717, 1.165) is 32.1 Å². The van der Waals surface area contributed by atoms with Crippen LogP contribution in [0.15, 0.2) is 36.5 Å². The molecule has 14 heteroatoms. The molecule has 0 aromatic carbocycles. The molecular formula is C71H133NO13. The summed E-state index contributed by atoms with van der Waals surface area (Å²) in [6, 6.07) is -0.930. The highest BCUT2D eigenvalue weighted by Gasteiger charge is 2.51. The number of allylic oxidation sites excluding steroid dienone is 5. The van der Waals surface area contributed by atoms with Crippen molar-refractivity contribution in [1.82, 2.24) is 5.32 Å². The topological polar surface area (TPSA) is 228 Å². The van der Waals surface area contributed by atoms with Gasteiger partial charge in [-0.15, -0.1) is 0 Å². The van der Waals surface area contributed by atoms with E-state index in [1.807, 2.05) is 6.08 Å². The summed E-state index contributed by atoms with van der Waals surface area (Å²) in [6.07, 6.45) is 55.0. The zero-order valence-electron chi connectivity index (χ0n) is 54.4. The third kappa shape index (κ3) is 40.5. The fourth-order valence-corrected chi connectivity index (χ4v) is 11.8. The third-order valence-corrected chi connectivity index (χ3v) is 17.5. The van der Waals surface area contributed by atoms with Gasteiger partial charge in [-0.3, -0.25) is 4.79 Å². The first-order valence-electron chi connectivity index (χ1n) is 35.7. The molecule has 12 unspecified atom stereocenters. The molecule has 0 radical (unpaired) electrons. The average Bonchev–Trinajstić information content (AvgIpc) is 3.29. The first-order chi connectivity index (χ1) is 41.6. The van der Waals surface area contributed by atoms with Gasteiger partial charge in [-0.05, 0) is 57.8 Å². The molecule has 9 N–H and O–H groups in total. The zero-order chi connectivity index (χ0) is 61.6. The van der Waals surface area contributed by atoms with Crippen LogP contribution >= 0.6 is 0 Å². The molecule has 0 saturated carbocycles. The van der Waals surface area contributed by atoms with E-state index in [4.69, 9.17) is 18.9 Å². The van der Waals surface area contributed by atoms with Crippen LogP contribution in [0, 0.1) is 0 Å². The van der Waals surface area contributed by atoms with Crippen molar-refractivity contribution in [3.05, 3.63) is 36.5 Å². The van der Waals surface area contributed by atoms with Crippen molar-refractivity contribution in [2.24, 2.45) is 0 Å². The van der Waals surface area contributed by atoms with Crippen LogP contribution in [0.5, 0.6) is 0 Å². The summed E-state index contributed by atoms with van der Waals surface area (Å²) in [4.78, 5) is 13.3. The lowest BCUT2D eigenvalue weighted by atomic mass is 9.97. The minimum absolute atomic E-state index is 0.243. The molecule has 0 aromatic rings. The zero-order valence-corrected chi connectivity index (χ0v) is 54.4. The number of hydrogen-bond donors (Lipinski definition) is 9. The van der Waals surface area contributed by atoms with Crippen LogP contribution in [0.1, 0.15) is 316 Å². The van der Waals surface area contributed by atoms with Crippen LogP contribution < -0.4 is 5.32 Å². The first kappa shape index (κ1) is 79.3. The molecule has 2 saturated heterocycles. The number of aliphatic hydroxyl groups is 8. The van der Waals surface area contributed by atoms with Gasteiger partial charge in [0, 0.05) is 6.42 Å². The monoisotopic (exact) mass is 1210 g/mol. The molecule has 1 amide bonds. The Kier molecular flexibility index (Phi) is 52.4. The highest BCUT2D eigenvalue weighted by molar-refractivity contribution is 5.76. The lowest BCUT2D eigenvalue weighted by Crippen LogP contribution is -2.65. The second-order valence-electron chi connectivity index (χ2n) is 25.4. The van der Waals surface area contributed by atoms with Crippen LogP contribution in [0.3, 0.4) is 0 Å². The van der Waals surface area contributed by atoms with Gasteiger partial charge in [-0.1, -0.05) is 288 Å². The van der Waals surface area contributed by atoms with Crippen molar-refractivity contribution in [2.75, 3.05) is 19.8 Å². The molecule has 0 spiro atoms. The Bertz CT molecular complexity index is 1560. The Morgan fingerprint density at radius 2 is 0.753 bits per heavy atom. The molecule has 2 aliphatic heterocycles. The van der Waals surface area contributed by atoms with Crippen LogP contribution in [0.4, 0.5) is 0 Å². The van der Waals surface area contributed by atoms with Gasteiger partial charge in [0.15, 0.2) is 12.6 Å². The standard InChI is InChI=1S/C71H133NO13/c1-3-5-7-9-11-13-15-17-19-21-23-24-25-26-27-28-29-30-31-32-33-34-35-36-37-39-41-43-45-47-49-51-53-55-63(76)72-59(60(75)54-52-50-48-46-44-42-40-38-22-20-18-16-14-12-10-8-6-4-2)58-82-70-68(81)66(79)69(62(57-74)84-70)85-71-67(80)65(78)64(77)61(56-73)83-71/h21,23,44,46,52,54,59-62,64-71,73-75,77-81H,3-20,22,24-43,45,47-51,53,55-58H2,1-2H3,(H,72,76)/b23-21-,46-44+,54-52+. The highest BCUT2D eigenvalue weighted by atomic mass is 16.7. The Morgan fingerprint density at radius 3 is 1.15 bits per heavy atom. The van der Waals surface area contributed by atoms with E-state index >= 15 is 0 Å². The van der Waals surface area contributed by atoms with Crippen molar-refractivity contribution in [3.63, 3.8) is 0 Å². The number of amides is 1. The quantitative estimate of drug-likeness (QED) is 0.0204.